The maximum atomic E-state index is 12.6. The lowest BCUT2D eigenvalue weighted by Gasteiger charge is -2.26. The molecule has 146 valence electrons. The largest absolute Gasteiger partial charge is 0.494 e. The molecule has 0 unspecified atom stereocenters. The third kappa shape index (κ3) is 5.29. The summed E-state index contributed by atoms with van der Waals surface area (Å²) < 4.78 is 37.4. The van der Waals surface area contributed by atoms with E-state index in [2.05, 4.69) is 5.32 Å². The first-order valence-corrected chi connectivity index (χ1v) is 10.6. The Bertz CT molecular complexity index is 814. The molecule has 1 aliphatic heterocycles. The van der Waals surface area contributed by atoms with E-state index in [0.717, 1.165) is 17.9 Å². The van der Waals surface area contributed by atoms with Crippen LogP contribution in [0.25, 0.3) is 0 Å². The summed E-state index contributed by atoms with van der Waals surface area (Å²) in [5.41, 5.74) is 2.21. The molecular formula is C20H26N2O4S. The molecule has 27 heavy (non-hydrogen) atoms. The standard InChI is InChI=1S/C20H26N2O4S/c1-2-26-19-7-3-17(4-8-19)15-21-16-18-5-9-20(10-6-18)27(23,24)22-11-13-25-14-12-22/h3-10,21H,2,11-16H2,1H3. The van der Waals surface area contributed by atoms with Gasteiger partial charge in [-0.25, -0.2) is 8.42 Å². The Hall–Kier alpha value is -1.93. The highest BCUT2D eigenvalue weighted by Crippen LogP contribution is 2.18. The average Bonchev–Trinajstić information content (AvgIpc) is 2.71. The van der Waals surface area contributed by atoms with E-state index in [1.807, 2.05) is 43.3 Å². The van der Waals surface area contributed by atoms with Gasteiger partial charge in [0.25, 0.3) is 0 Å². The number of hydrogen-bond donors (Lipinski definition) is 1. The van der Waals surface area contributed by atoms with E-state index in [0.29, 0.717) is 44.4 Å². The van der Waals surface area contributed by atoms with Crippen molar-refractivity contribution in [3.05, 3.63) is 59.7 Å². The average molecular weight is 391 g/mol. The zero-order chi connectivity index (χ0) is 19.1. The van der Waals surface area contributed by atoms with E-state index in [1.165, 1.54) is 9.87 Å². The lowest BCUT2D eigenvalue weighted by Crippen LogP contribution is -2.40. The molecule has 0 saturated carbocycles. The van der Waals surface area contributed by atoms with Gasteiger partial charge in [0, 0.05) is 26.2 Å². The fourth-order valence-electron chi connectivity index (χ4n) is 2.94. The van der Waals surface area contributed by atoms with Gasteiger partial charge in [0.15, 0.2) is 0 Å². The van der Waals surface area contributed by atoms with Gasteiger partial charge in [0.1, 0.15) is 5.75 Å². The Morgan fingerprint density at radius 1 is 0.963 bits per heavy atom. The quantitative estimate of drug-likeness (QED) is 0.750. The highest BCUT2D eigenvalue weighted by atomic mass is 32.2. The first-order chi connectivity index (χ1) is 13.1. The van der Waals surface area contributed by atoms with Crippen molar-refractivity contribution in [3.63, 3.8) is 0 Å². The van der Waals surface area contributed by atoms with Crippen LogP contribution in [0.1, 0.15) is 18.1 Å². The second kappa shape index (κ2) is 9.32. The van der Waals surface area contributed by atoms with E-state index in [4.69, 9.17) is 9.47 Å². The van der Waals surface area contributed by atoms with Crippen molar-refractivity contribution in [2.75, 3.05) is 32.9 Å². The second-order valence-electron chi connectivity index (χ2n) is 6.34. The fraction of sp³-hybridized carbons (Fsp3) is 0.400. The minimum atomic E-state index is -3.43. The topological polar surface area (TPSA) is 67.9 Å². The molecule has 3 rings (SSSR count). The van der Waals surface area contributed by atoms with Gasteiger partial charge < -0.3 is 14.8 Å². The molecule has 0 aliphatic carbocycles. The normalized spacial score (nSPS) is 15.6. The Labute approximate surface area is 161 Å². The van der Waals surface area contributed by atoms with Gasteiger partial charge in [0.05, 0.1) is 24.7 Å². The van der Waals surface area contributed by atoms with Crippen molar-refractivity contribution in [1.29, 1.82) is 0 Å². The number of sulfonamides is 1. The molecule has 0 spiro atoms. The summed E-state index contributed by atoms with van der Waals surface area (Å²) in [5.74, 6) is 0.873. The summed E-state index contributed by atoms with van der Waals surface area (Å²) >= 11 is 0. The summed E-state index contributed by atoms with van der Waals surface area (Å²) in [7, 11) is -3.43. The molecule has 1 aliphatic rings. The number of ether oxygens (including phenoxy) is 2. The van der Waals surface area contributed by atoms with Crippen LogP contribution < -0.4 is 10.1 Å². The molecule has 2 aromatic rings. The van der Waals surface area contributed by atoms with Crippen molar-refractivity contribution < 1.29 is 17.9 Å². The van der Waals surface area contributed by atoms with Gasteiger partial charge in [-0.15, -0.1) is 0 Å². The lowest BCUT2D eigenvalue weighted by molar-refractivity contribution is 0.0730. The number of nitrogens with one attached hydrogen (secondary N) is 1. The Balaban J connectivity index is 1.53. The predicted molar refractivity (Wildman–Crippen MR) is 104 cm³/mol. The van der Waals surface area contributed by atoms with Crippen LogP contribution in [0.3, 0.4) is 0 Å². The second-order valence-corrected chi connectivity index (χ2v) is 8.28. The lowest BCUT2D eigenvalue weighted by atomic mass is 10.2. The van der Waals surface area contributed by atoms with Crippen molar-refractivity contribution in [2.45, 2.75) is 24.9 Å². The summed E-state index contributed by atoms with van der Waals surface area (Å²) in [6.07, 6.45) is 0. The minimum Gasteiger partial charge on any atom is -0.494 e. The minimum absolute atomic E-state index is 0.333. The summed E-state index contributed by atoms with van der Waals surface area (Å²) in [6, 6.07) is 15.1. The molecular weight excluding hydrogens is 364 g/mol. The van der Waals surface area contributed by atoms with Crippen molar-refractivity contribution in [2.24, 2.45) is 0 Å². The van der Waals surface area contributed by atoms with Gasteiger partial charge in [-0.3, -0.25) is 0 Å². The van der Waals surface area contributed by atoms with Crippen LogP contribution in [-0.4, -0.2) is 45.6 Å². The molecule has 0 radical (unpaired) electrons. The molecule has 6 nitrogen and oxygen atoms in total. The summed E-state index contributed by atoms with van der Waals surface area (Å²) in [4.78, 5) is 0.333. The van der Waals surface area contributed by atoms with E-state index in [9.17, 15) is 8.42 Å². The van der Waals surface area contributed by atoms with Crippen molar-refractivity contribution in [3.8, 4) is 5.75 Å². The fourth-order valence-corrected chi connectivity index (χ4v) is 4.34. The molecule has 1 fully saturated rings. The van der Waals surface area contributed by atoms with Crippen molar-refractivity contribution >= 4 is 10.0 Å². The van der Waals surface area contributed by atoms with Crippen LogP contribution in [0.2, 0.25) is 0 Å². The summed E-state index contributed by atoms with van der Waals surface area (Å²) in [6.45, 7) is 5.76. The molecule has 0 amide bonds. The van der Waals surface area contributed by atoms with Crippen molar-refractivity contribution in [1.82, 2.24) is 9.62 Å². The molecule has 2 aromatic carbocycles. The molecule has 0 bridgehead atoms. The molecule has 1 N–H and O–H groups in total. The van der Waals surface area contributed by atoms with Crippen LogP contribution in [0, 0.1) is 0 Å². The van der Waals surface area contributed by atoms with Crippen LogP contribution >= 0.6 is 0 Å². The van der Waals surface area contributed by atoms with E-state index < -0.39 is 10.0 Å². The van der Waals surface area contributed by atoms with Gasteiger partial charge in [0.2, 0.25) is 10.0 Å². The maximum Gasteiger partial charge on any atom is 0.243 e. The van der Waals surface area contributed by atoms with Gasteiger partial charge >= 0.3 is 0 Å². The molecule has 1 saturated heterocycles. The number of hydrogen-bond acceptors (Lipinski definition) is 5. The van der Waals surface area contributed by atoms with Crippen LogP contribution in [0.5, 0.6) is 5.75 Å². The molecule has 7 heteroatoms. The third-order valence-electron chi connectivity index (χ3n) is 4.42. The smallest absolute Gasteiger partial charge is 0.243 e. The van der Waals surface area contributed by atoms with E-state index in [1.54, 1.807) is 12.1 Å². The Morgan fingerprint density at radius 3 is 2.07 bits per heavy atom. The zero-order valence-electron chi connectivity index (χ0n) is 15.6. The number of morpholine rings is 1. The SMILES string of the molecule is CCOc1ccc(CNCc2ccc(S(=O)(=O)N3CCOCC3)cc2)cc1. The molecule has 0 aromatic heterocycles. The number of nitrogens with zero attached hydrogens (tertiary/aromatic N) is 1. The maximum absolute atomic E-state index is 12.6. The van der Waals surface area contributed by atoms with E-state index in [-0.39, 0.29) is 0 Å². The molecule has 1 heterocycles. The number of benzene rings is 2. The van der Waals surface area contributed by atoms with Crippen LogP contribution in [0.4, 0.5) is 0 Å². The Morgan fingerprint density at radius 2 is 1.52 bits per heavy atom. The third-order valence-corrected chi connectivity index (χ3v) is 6.34. The summed E-state index contributed by atoms with van der Waals surface area (Å²) in [5, 5.41) is 3.37. The Kier molecular flexibility index (Phi) is 6.84. The highest BCUT2D eigenvalue weighted by Gasteiger charge is 2.25. The predicted octanol–water partition coefficient (Wildman–Crippen LogP) is 2.40. The first-order valence-electron chi connectivity index (χ1n) is 9.19. The highest BCUT2D eigenvalue weighted by molar-refractivity contribution is 7.89. The number of rotatable bonds is 8. The zero-order valence-corrected chi connectivity index (χ0v) is 16.4. The van der Waals surface area contributed by atoms with E-state index >= 15 is 0 Å². The van der Waals surface area contributed by atoms with Gasteiger partial charge in [-0.1, -0.05) is 24.3 Å². The monoisotopic (exact) mass is 390 g/mol. The van der Waals surface area contributed by atoms with Gasteiger partial charge in [-0.2, -0.15) is 4.31 Å². The first kappa shape index (κ1) is 19.8. The van der Waals surface area contributed by atoms with Crippen LogP contribution in [0.15, 0.2) is 53.4 Å². The van der Waals surface area contributed by atoms with Gasteiger partial charge in [-0.05, 0) is 42.3 Å². The van der Waals surface area contributed by atoms with Crippen LogP contribution in [-0.2, 0) is 27.8 Å². The molecule has 0 atom stereocenters.